The van der Waals surface area contributed by atoms with E-state index in [1.165, 1.54) is 6.20 Å². The van der Waals surface area contributed by atoms with Crippen LogP contribution in [-0.4, -0.2) is 25.1 Å². The lowest BCUT2D eigenvalue weighted by molar-refractivity contribution is 0.0947. The largest absolute Gasteiger partial charge is 0.493 e. The van der Waals surface area contributed by atoms with Crippen LogP contribution in [0.5, 0.6) is 11.5 Å². The molecule has 0 spiro atoms. The fourth-order valence-corrected chi connectivity index (χ4v) is 2.40. The van der Waals surface area contributed by atoms with Gasteiger partial charge in [0.15, 0.2) is 11.5 Å². The zero-order chi connectivity index (χ0) is 18.4. The summed E-state index contributed by atoms with van der Waals surface area (Å²) >= 11 is 0. The van der Waals surface area contributed by atoms with Crippen molar-refractivity contribution in [1.29, 1.82) is 0 Å². The van der Waals surface area contributed by atoms with Crippen molar-refractivity contribution in [2.75, 3.05) is 19.5 Å². The Morgan fingerprint density at radius 1 is 1.08 bits per heavy atom. The highest BCUT2D eigenvalue weighted by molar-refractivity contribution is 5.94. The quantitative estimate of drug-likeness (QED) is 0.677. The van der Waals surface area contributed by atoms with E-state index in [9.17, 15) is 4.79 Å². The predicted octanol–water partition coefficient (Wildman–Crippen LogP) is 3.37. The number of amides is 1. The summed E-state index contributed by atoms with van der Waals surface area (Å²) < 4.78 is 15.7. The van der Waals surface area contributed by atoms with Crippen LogP contribution in [0, 0.1) is 0 Å². The first-order valence-corrected chi connectivity index (χ1v) is 7.94. The summed E-state index contributed by atoms with van der Waals surface area (Å²) in [4.78, 5) is 16.4. The van der Waals surface area contributed by atoms with E-state index >= 15 is 0 Å². The minimum Gasteiger partial charge on any atom is -0.493 e. The number of anilines is 2. The number of hydrogen-bond donors (Lipinski definition) is 2. The third-order valence-electron chi connectivity index (χ3n) is 3.68. The molecular weight excluding hydrogens is 334 g/mol. The number of methoxy groups -OCH3 is 2. The molecule has 0 aliphatic heterocycles. The minimum absolute atomic E-state index is 0.232. The second-order valence-electron chi connectivity index (χ2n) is 5.42. The van der Waals surface area contributed by atoms with Crippen molar-refractivity contribution in [2.45, 2.75) is 6.54 Å². The van der Waals surface area contributed by atoms with Gasteiger partial charge in [0, 0.05) is 18.0 Å². The monoisotopic (exact) mass is 353 g/mol. The molecule has 2 aromatic heterocycles. The van der Waals surface area contributed by atoms with Gasteiger partial charge in [-0.05, 0) is 30.3 Å². The maximum Gasteiger partial charge on any atom is 0.253 e. The van der Waals surface area contributed by atoms with Gasteiger partial charge < -0.3 is 24.5 Å². The van der Waals surface area contributed by atoms with Crippen LogP contribution in [0.2, 0.25) is 0 Å². The normalized spacial score (nSPS) is 10.2. The summed E-state index contributed by atoms with van der Waals surface area (Å²) in [6.45, 7) is 0.319. The molecule has 134 valence electrons. The first kappa shape index (κ1) is 17.3. The van der Waals surface area contributed by atoms with Crippen LogP contribution in [0.25, 0.3) is 0 Å². The van der Waals surface area contributed by atoms with Gasteiger partial charge >= 0.3 is 0 Å². The maximum absolute atomic E-state index is 12.3. The molecule has 0 aliphatic carbocycles. The van der Waals surface area contributed by atoms with E-state index < -0.39 is 0 Å². The van der Waals surface area contributed by atoms with Gasteiger partial charge in [-0.3, -0.25) is 9.78 Å². The van der Waals surface area contributed by atoms with Gasteiger partial charge in [0.2, 0.25) is 0 Å². The zero-order valence-electron chi connectivity index (χ0n) is 14.5. The highest BCUT2D eigenvalue weighted by Gasteiger charge is 2.09. The molecule has 0 saturated carbocycles. The third kappa shape index (κ3) is 4.13. The molecule has 3 rings (SSSR count). The van der Waals surface area contributed by atoms with Crippen LogP contribution >= 0.6 is 0 Å². The molecule has 0 radical (unpaired) electrons. The van der Waals surface area contributed by atoms with Gasteiger partial charge in [-0.25, -0.2) is 0 Å². The molecule has 0 aliphatic rings. The average molecular weight is 353 g/mol. The Kier molecular flexibility index (Phi) is 5.38. The maximum atomic E-state index is 12.3. The molecule has 2 N–H and O–H groups in total. The Balaban J connectivity index is 1.70. The average Bonchev–Trinajstić information content (AvgIpc) is 3.20. The SMILES string of the molecule is COc1ccc(Nc2cncc(C(=O)NCc3ccco3)c2)cc1OC. The number of nitrogens with one attached hydrogen (secondary N) is 2. The highest BCUT2D eigenvalue weighted by atomic mass is 16.5. The molecule has 2 heterocycles. The number of rotatable bonds is 7. The van der Waals surface area contributed by atoms with Crippen LogP contribution in [0.3, 0.4) is 0 Å². The number of aromatic nitrogens is 1. The Morgan fingerprint density at radius 2 is 1.92 bits per heavy atom. The van der Waals surface area contributed by atoms with Crippen molar-refractivity contribution in [3.8, 4) is 11.5 Å². The molecule has 7 heteroatoms. The summed E-state index contributed by atoms with van der Waals surface area (Å²) in [7, 11) is 3.16. The summed E-state index contributed by atoms with van der Waals surface area (Å²) in [5, 5.41) is 5.99. The van der Waals surface area contributed by atoms with Crippen molar-refractivity contribution in [1.82, 2.24) is 10.3 Å². The number of pyridine rings is 1. The fraction of sp³-hybridized carbons (Fsp3) is 0.158. The van der Waals surface area contributed by atoms with E-state index in [0.717, 1.165) is 5.69 Å². The van der Waals surface area contributed by atoms with Crippen LogP contribution in [-0.2, 0) is 6.54 Å². The lowest BCUT2D eigenvalue weighted by atomic mass is 10.2. The Bertz CT molecular complexity index is 878. The fourth-order valence-electron chi connectivity index (χ4n) is 2.40. The number of nitrogens with zero attached hydrogens (tertiary/aromatic N) is 1. The number of ether oxygens (including phenoxy) is 2. The molecule has 7 nitrogen and oxygen atoms in total. The molecule has 1 amide bonds. The summed E-state index contributed by atoms with van der Waals surface area (Å²) in [5.74, 6) is 1.70. The molecule has 3 aromatic rings. The van der Waals surface area contributed by atoms with Crippen molar-refractivity contribution < 1.29 is 18.7 Å². The molecule has 0 unspecified atom stereocenters. The van der Waals surface area contributed by atoms with E-state index in [-0.39, 0.29) is 5.91 Å². The number of carbonyl (C=O) groups excluding carboxylic acids is 1. The topological polar surface area (TPSA) is 85.6 Å². The summed E-state index contributed by atoms with van der Waals surface area (Å²) in [5.41, 5.74) is 1.92. The first-order chi connectivity index (χ1) is 12.7. The third-order valence-corrected chi connectivity index (χ3v) is 3.68. The van der Waals surface area contributed by atoms with E-state index in [4.69, 9.17) is 13.9 Å². The Hall–Kier alpha value is -3.48. The lowest BCUT2D eigenvalue weighted by Crippen LogP contribution is -2.22. The standard InChI is InChI=1S/C19H19N3O4/c1-24-17-6-5-14(9-18(17)25-2)22-15-8-13(10-20-11-15)19(23)21-12-16-4-3-7-26-16/h3-11,22H,12H2,1-2H3,(H,21,23). The number of carbonyl (C=O) groups is 1. The molecular formula is C19H19N3O4. The molecule has 0 bridgehead atoms. The van der Waals surface area contributed by atoms with Crippen LogP contribution < -0.4 is 20.1 Å². The lowest BCUT2D eigenvalue weighted by Gasteiger charge is -2.12. The molecule has 26 heavy (non-hydrogen) atoms. The summed E-state index contributed by atoms with van der Waals surface area (Å²) in [6, 6.07) is 10.8. The van der Waals surface area contributed by atoms with E-state index in [1.807, 2.05) is 12.1 Å². The van der Waals surface area contributed by atoms with E-state index in [1.54, 1.807) is 50.9 Å². The van der Waals surface area contributed by atoms with Gasteiger partial charge in [0.1, 0.15) is 5.76 Å². The Labute approximate surface area is 151 Å². The highest BCUT2D eigenvalue weighted by Crippen LogP contribution is 2.31. The Morgan fingerprint density at radius 3 is 2.65 bits per heavy atom. The molecule has 1 aromatic carbocycles. The predicted molar refractivity (Wildman–Crippen MR) is 96.9 cm³/mol. The van der Waals surface area contributed by atoms with Crippen molar-refractivity contribution in [3.63, 3.8) is 0 Å². The van der Waals surface area contributed by atoms with Gasteiger partial charge in [-0.1, -0.05) is 0 Å². The number of furan rings is 1. The second-order valence-corrected chi connectivity index (χ2v) is 5.42. The molecule has 0 saturated heterocycles. The number of hydrogen-bond acceptors (Lipinski definition) is 6. The van der Waals surface area contributed by atoms with Crippen molar-refractivity contribution in [2.24, 2.45) is 0 Å². The summed E-state index contributed by atoms with van der Waals surface area (Å²) in [6.07, 6.45) is 4.72. The van der Waals surface area contributed by atoms with E-state index in [2.05, 4.69) is 15.6 Å². The minimum atomic E-state index is -0.232. The van der Waals surface area contributed by atoms with Gasteiger partial charge in [-0.2, -0.15) is 0 Å². The first-order valence-electron chi connectivity index (χ1n) is 7.94. The molecule has 0 atom stereocenters. The smallest absolute Gasteiger partial charge is 0.253 e. The number of benzene rings is 1. The van der Waals surface area contributed by atoms with Gasteiger partial charge in [0.05, 0.1) is 44.5 Å². The van der Waals surface area contributed by atoms with Gasteiger partial charge in [0.25, 0.3) is 5.91 Å². The zero-order valence-corrected chi connectivity index (χ0v) is 14.5. The van der Waals surface area contributed by atoms with Crippen LogP contribution in [0.15, 0.2) is 59.5 Å². The van der Waals surface area contributed by atoms with E-state index in [0.29, 0.717) is 35.1 Å². The molecule has 0 fully saturated rings. The van der Waals surface area contributed by atoms with Crippen LogP contribution in [0.1, 0.15) is 16.1 Å². The van der Waals surface area contributed by atoms with Crippen molar-refractivity contribution >= 4 is 17.3 Å². The van der Waals surface area contributed by atoms with Gasteiger partial charge in [-0.15, -0.1) is 0 Å². The second kappa shape index (κ2) is 8.06. The van der Waals surface area contributed by atoms with Crippen molar-refractivity contribution in [3.05, 3.63) is 66.4 Å². The van der Waals surface area contributed by atoms with Crippen LogP contribution in [0.4, 0.5) is 11.4 Å².